The third-order valence-corrected chi connectivity index (χ3v) is 8.53. The fraction of sp³-hybridized carbons (Fsp3) is 0.640. The molecule has 2 N–H and O–H groups in total. The number of aliphatic hydroxyl groups is 1. The van der Waals surface area contributed by atoms with Crippen LogP contribution in [0.2, 0.25) is 5.02 Å². The number of halogens is 2. The summed E-state index contributed by atoms with van der Waals surface area (Å²) in [7, 11) is 0. The summed E-state index contributed by atoms with van der Waals surface area (Å²) in [6.07, 6.45) is 2.91. The Bertz CT molecular complexity index is 972. The van der Waals surface area contributed by atoms with Crippen LogP contribution in [0.3, 0.4) is 0 Å². The maximum atomic E-state index is 13.8. The van der Waals surface area contributed by atoms with Crippen molar-refractivity contribution in [2.24, 2.45) is 11.8 Å². The van der Waals surface area contributed by atoms with Crippen molar-refractivity contribution in [3.8, 4) is 0 Å². The van der Waals surface area contributed by atoms with Gasteiger partial charge in [0.2, 0.25) is 11.8 Å². The number of fused-ring (bicyclic) bond motifs is 1. The number of amides is 2. The van der Waals surface area contributed by atoms with E-state index in [0.29, 0.717) is 36.5 Å². The first-order chi connectivity index (χ1) is 16.8. The van der Waals surface area contributed by atoms with Gasteiger partial charge in [0, 0.05) is 18.0 Å². The highest BCUT2D eigenvalue weighted by Gasteiger charge is 2.76. The summed E-state index contributed by atoms with van der Waals surface area (Å²) in [5.41, 5.74) is 0.177. The Labute approximate surface area is 218 Å². The van der Waals surface area contributed by atoms with Crippen LogP contribution < -0.4 is 5.32 Å². The number of para-hydroxylation sites is 1. The highest BCUT2D eigenvalue weighted by molar-refractivity contribution is 9.09. The van der Waals surface area contributed by atoms with E-state index < -0.39 is 35.6 Å². The fourth-order valence-corrected chi connectivity index (χ4v) is 7.12. The van der Waals surface area contributed by atoms with Gasteiger partial charge in [-0.15, -0.1) is 0 Å². The van der Waals surface area contributed by atoms with Crippen LogP contribution in [0.25, 0.3) is 0 Å². The van der Waals surface area contributed by atoms with Crippen molar-refractivity contribution in [1.29, 1.82) is 0 Å². The second-order valence-corrected chi connectivity index (χ2v) is 11.1. The van der Waals surface area contributed by atoms with E-state index in [9.17, 15) is 14.4 Å². The molecular weight excluding hydrogens is 540 g/mol. The van der Waals surface area contributed by atoms with Gasteiger partial charge < -0.3 is 24.8 Å². The van der Waals surface area contributed by atoms with E-state index in [2.05, 4.69) is 21.2 Å². The minimum atomic E-state index is -1.13. The maximum absolute atomic E-state index is 13.8. The number of alkyl halides is 1. The molecule has 0 aromatic heterocycles. The van der Waals surface area contributed by atoms with Gasteiger partial charge in [-0.1, -0.05) is 52.5 Å². The molecular formula is C25H32BrClN2O6. The number of benzene rings is 1. The molecule has 8 nitrogen and oxygen atoms in total. The number of ether oxygens (including phenoxy) is 2. The minimum absolute atomic E-state index is 0.124. The quantitative estimate of drug-likeness (QED) is 0.253. The summed E-state index contributed by atoms with van der Waals surface area (Å²) in [6, 6.07) is 4.45. The van der Waals surface area contributed by atoms with E-state index in [1.54, 1.807) is 24.0 Å². The van der Waals surface area contributed by atoms with Crippen molar-refractivity contribution in [1.82, 2.24) is 4.90 Å². The van der Waals surface area contributed by atoms with Gasteiger partial charge in [-0.2, -0.15) is 0 Å². The van der Waals surface area contributed by atoms with Crippen molar-refractivity contribution >= 4 is 51.0 Å². The van der Waals surface area contributed by atoms with Crippen LogP contribution >= 0.6 is 27.5 Å². The first kappa shape index (κ1) is 26.4. The molecule has 4 rings (SSSR count). The van der Waals surface area contributed by atoms with Crippen molar-refractivity contribution in [2.45, 2.75) is 68.5 Å². The molecule has 3 heterocycles. The zero-order valence-electron chi connectivity index (χ0n) is 20.0. The number of aliphatic hydroxyl groups excluding tert-OH is 1. The number of nitrogens with zero attached hydrogens (tertiary/aromatic N) is 1. The average molecular weight is 572 g/mol. The van der Waals surface area contributed by atoms with Crippen molar-refractivity contribution in [2.75, 3.05) is 25.1 Å². The summed E-state index contributed by atoms with van der Waals surface area (Å²) in [5, 5.41) is 12.4. The number of likely N-dealkylation sites (tertiary alicyclic amines) is 1. The lowest BCUT2D eigenvalue weighted by atomic mass is 9.70. The Morgan fingerprint density at radius 2 is 2.06 bits per heavy atom. The van der Waals surface area contributed by atoms with Gasteiger partial charge in [0.05, 0.1) is 35.3 Å². The molecule has 2 bridgehead atoms. The molecule has 0 aliphatic carbocycles. The number of nitrogens with one attached hydrogen (secondary N) is 1. The van der Waals surface area contributed by atoms with Gasteiger partial charge in [-0.25, -0.2) is 0 Å². The number of aryl methyl sites for hydroxylation is 1. The smallest absolute Gasteiger partial charge is 0.312 e. The predicted octanol–water partition coefficient (Wildman–Crippen LogP) is 3.45. The summed E-state index contributed by atoms with van der Waals surface area (Å²) >= 11 is 10.0. The van der Waals surface area contributed by atoms with Crippen molar-refractivity contribution in [3.05, 3.63) is 28.8 Å². The molecule has 0 saturated carbocycles. The molecule has 6 atom stereocenters. The zero-order valence-corrected chi connectivity index (χ0v) is 22.3. The van der Waals surface area contributed by atoms with E-state index in [1.807, 2.05) is 13.0 Å². The third kappa shape index (κ3) is 4.61. The lowest BCUT2D eigenvalue weighted by Gasteiger charge is -2.34. The topological polar surface area (TPSA) is 105 Å². The highest BCUT2D eigenvalue weighted by Crippen LogP contribution is 2.60. The van der Waals surface area contributed by atoms with Crippen molar-refractivity contribution in [3.63, 3.8) is 0 Å². The molecule has 1 aromatic carbocycles. The molecule has 1 spiro atoms. The molecule has 3 aliphatic rings. The van der Waals surface area contributed by atoms with E-state index in [4.69, 9.17) is 26.2 Å². The number of esters is 1. The van der Waals surface area contributed by atoms with Gasteiger partial charge >= 0.3 is 5.97 Å². The van der Waals surface area contributed by atoms with Gasteiger partial charge in [-0.3, -0.25) is 14.4 Å². The molecule has 3 unspecified atom stereocenters. The summed E-state index contributed by atoms with van der Waals surface area (Å²) in [6.45, 7) is 4.26. The summed E-state index contributed by atoms with van der Waals surface area (Å²) in [4.78, 5) is 42.0. The Balaban J connectivity index is 1.67. The van der Waals surface area contributed by atoms with E-state index in [0.717, 1.165) is 18.4 Å². The lowest BCUT2D eigenvalue weighted by Crippen LogP contribution is -2.54. The van der Waals surface area contributed by atoms with Gasteiger partial charge in [0.15, 0.2) is 0 Å². The van der Waals surface area contributed by atoms with Gasteiger partial charge in [-0.05, 0) is 44.7 Å². The summed E-state index contributed by atoms with van der Waals surface area (Å²) < 4.78 is 11.7. The number of hydrogen-bond donors (Lipinski definition) is 2. The minimum Gasteiger partial charge on any atom is -0.466 e. The molecule has 2 amide bonds. The van der Waals surface area contributed by atoms with Crippen LogP contribution in [-0.2, 0) is 23.9 Å². The Morgan fingerprint density at radius 1 is 1.31 bits per heavy atom. The Kier molecular flexibility index (Phi) is 8.10. The van der Waals surface area contributed by atoms with E-state index >= 15 is 0 Å². The normalized spacial score (nSPS) is 31.1. The van der Waals surface area contributed by atoms with Crippen LogP contribution in [0, 0.1) is 18.8 Å². The molecule has 0 radical (unpaired) electrons. The predicted molar refractivity (Wildman–Crippen MR) is 134 cm³/mol. The number of anilines is 1. The first-order valence-corrected chi connectivity index (χ1v) is 13.5. The molecule has 3 saturated heterocycles. The lowest BCUT2D eigenvalue weighted by molar-refractivity contribution is -0.154. The number of unbranched alkanes of at least 4 members (excludes halogenated alkanes) is 3. The van der Waals surface area contributed by atoms with Crippen LogP contribution in [0.5, 0.6) is 0 Å². The van der Waals surface area contributed by atoms with E-state index in [-0.39, 0.29) is 29.9 Å². The van der Waals surface area contributed by atoms with Crippen LogP contribution in [0.4, 0.5) is 5.69 Å². The number of carbonyl (C=O) groups excluding carboxylic acids is 3. The Hall–Kier alpha value is -1.68. The second-order valence-electron chi connectivity index (χ2n) is 9.51. The SMILES string of the molecule is CCOC(=O)[C@H]1[C@@H]2OC3(CC2Br)C(C(=O)Nc2c(C)cccc2Cl)N(CCCCCCO)C(=O)[C@H]13. The van der Waals surface area contributed by atoms with E-state index in [1.165, 1.54) is 0 Å². The highest BCUT2D eigenvalue weighted by atomic mass is 79.9. The van der Waals surface area contributed by atoms with Gasteiger partial charge in [0.1, 0.15) is 11.6 Å². The van der Waals surface area contributed by atoms with Crippen LogP contribution in [0.1, 0.15) is 44.6 Å². The molecule has 192 valence electrons. The fourth-order valence-electron chi connectivity index (χ4n) is 5.91. The first-order valence-electron chi connectivity index (χ1n) is 12.2. The Morgan fingerprint density at radius 3 is 2.74 bits per heavy atom. The van der Waals surface area contributed by atoms with Crippen LogP contribution in [0.15, 0.2) is 18.2 Å². The third-order valence-electron chi connectivity index (χ3n) is 7.37. The zero-order chi connectivity index (χ0) is 25.3. The average Bonchev–Trinajstić information content (AvgIpc) is 3.40. The second kappa shape index (κ2) is 10.7. The summed E-state index contributed by atoms with van der Waals surface area (Å²) in [5.74, 6) is -2.63. The molecule has 10 heteroatoms. The standard InChI is InChI=1S/C25H32BrClN2O6/c1-3-34-24(33)17-18-23(32)29(11-6-4-5-7-12-30)21(25(18)13-15(26)20(17)35-25)22(31)28-19-14(2)9-8-10-16(19)27/h8-10,15,17-18,20-21,30H,3-7,11-13H2,1-2H3,(H,28,31)/t15?,17-,18+,20-,21?,25?/m1/s1. The number of rotatable bonds is 10. The van der Waals surface area contributed by atoms with Crippen molar-refractivity contribution < 1.29 is 29.0 Å². The molecule has 35 heavy (non-hydrogen) atoms. The number of hydrogen-bond acceptors (Lipinski definition) is 6. The maximum Gasteiger partial charge on any atom is 0.312 e. The molecule has 3 fully saturated rings. The molecule has 1 aromatic rings. The van der Waals surface area contributed by atoms with Crippen LogP contribution in [-0.4, -0.2) is 70.1 Å². The monoisotopic (exact) mass is 570 g/mol. The number of carbonyl (C=O) groups is 3. The van der Waals surface area contributed by atoms with Gasteiger partial charge in [0.25, 0.3) is 0 Å². The largest absolute Gasteiger partial charge is 0.466 e. The molecule has 3 aliphatic heterocycles.